The second-order valence-corrected chi connectivity index (χ2v) is 6.15. The largest absolute Gasteiger partial charge is 0.252 e. The van der Waals surface area contributed by atoms with Crippen molar-refractivity contribution < 1.29 is 0 Å². The summed E-state index contributed by atoms with van der Waals surface area (Å²) < 4.78 is 2.01. The lowest BCUT2D eigenvalue weighted by Gasteiger charge is -2.14. The first kappa shape index (κ1) is 16.2. The average molecular weight is 265 g/mol. The zero-order valence-corrected chi connectivity index (χ0v) is 13.2. The second kappa shape index (κ2) is 9.11. The maximum Gasteiger partial charge on any atom is 0.0827 e. The third kappa shape index (κ3) is 6.74. The van der Waals surface area contributed by atoms with E-state index < -0.39 is 0 Å². The van der Waals surface area contributed by atoms with Gasteiger partial charge in [-0.05, 0) is 31.1 Å². The first-order valence-corrected chi connectivity index (χ1v) is 8.02. The highest BCUT2D eigenvalue weighted by Gasteiger charge is 2.08. The number of hydrogen-bond acceptors (Lipinski definition) is 2. The van der Waals surface area contributed by atoms with Gasteiger partial charge >= 0.3 is 0 Å². The summed E-state index contributed by atoms with van der Waals surface area (Å²) in [7, 11) is 0. The number of hydrogen-bond donors (Lipinski definition) is 0. The molecule has 0 amide bonds. The van der Waals surface area contributed by atoms with E-state index in [9.17, 15) is 0 Å². The van der Waals surface area contributed by atoms with E-state index in [0.717, 1.165) is 30.5 Å². The van der Waals surface area contributed by atoms with Crippen LogP contribution in [-0.4, -0.2) is 15.0 Å². The molecule has 1 atom stereocenters. The molecule has 3 heteroatoms. The third-order valence-electron chi connectivity index (χ3n) is 4.07. The first-order chi connectivity index (χ1) is 9.13. The molecule has 1 rings (SSSR count). The van der Waals surface area contributed by atoms with Gasteiger partial charge in [-0.25, -0.2) is 0 Å². The van der Waals surface area contributed by atoms with Gasteiger partial charge in [0.05, 0.1) is 5.69 Å². The molecular formula is C16H31N3. The van der Waals surface area contributed by atoms with Gasteiger partial charge in [-0.2, -0.15) is 0 Å². The minimum Gasteiger partial charge on any atom is -0.252 e. The Balaban J connectivity index is 2.21. The summed E-state index contributed by atoms with van der Waals surface area (Å²) in [5.41, 5.74) is 1.16. The molecule has 1 aromatic heterocycles. The van der Waals surface area contributed by atoms with E-state index in [1.165, 1.54) is 38.5 Å². The van der Waals surface area contributed by atoms with Crippen LogP contribution in [0.3, 0.4) is 0 Å². The Bertz CT molecular complexity index is 330. The molecule has 1 aromatic rings. The normalized spacial score (nSPS) is 13.1. The smallest absolute Gasteiger partial charge is 0.0827 e. The van der Waals surface area contributed by atoms with Crippen molar-refractivity contribution in [2.24, 2.45) is 11.8 Å². The molecule has 0 spiro atoms. The topological polar surface area (TPSA) is 30.7 Å². The van der Waals surface area contributed by atoms with E-state index in [2.05, 4.69) is 44.2 Å². The average Bonchev–Trinajstić information content (AvgIpc) is 2.83. The van der Waals surface area contributed by atoms with Crippen molar-refractivity contribution in [1.82, 2.24) is 15.0 Å². The fourth-order valence-electron chi connectivity index (χ4n) is 2.14. The summed E-state index contributed by atoms with van der Waals surface area (Å²) >= 11 is 0. The molecule has 0 bridgehead atoms. The van der Waals surface area contributed by atoms with Crippen LogP contribution in [0, 0.1) is 11.8 Å². The Kier molecular flexibility index (Phi) is 7.76. The molecule has 1 heterocycles. The fraction of sp³-hybridized carbons (Fsp3) is 0.875. The lowest BCUT2D eigenvalue weighted by atomic mass is 9.95. The van der Waals surface area contributed by atoms with Gasteiger partial charge in [0.25, 0.3) is 0 Å². The van der Waals surface area contributed by atoms with Gasteiger partial charge in [0, 0.05) is 12.7 Å². The SMILES string of the molecule is CCCCCCCc1cn(CCC(C)C(C)C)nn1. The molecule has 0 aromatic carbocycles. The minimum absolute atomic E-state index is 0.751. The van der Waals surface area contributed by atoms with Crippen LogP contribution in [0.25, 0.3) is 0 Å². The number of nitrogens with zero attached hydrogens (tertiary/aromatic N) is 3. The van der Waals surface area contributed by atoms with E-state index in [1.54, 1.807) is 0 Å². The molecule has 0 saturated carbocycles. The van der Waals surface area contributed by atoms with Crippen molar-refractivity contribution in [3.8, 4) is 0 Å². The first-order valence-electron chi connectivity index (χ1n) is 8.02. The van der Waals surface area contributed by atoms with Crippen LogP contribution < -0.4 is 0 Å². The van der Waals surface area contributed by atoms with Crippen LogP contribution in [0.1, 0.15) is 71.9 Å². The summed E-state index contributed by atoms with van der Waals surface area (Å²) in [6.45, 7) is 10.1. The Labute approximate surface area is 118 Å². The van der Waals surface area contributed by atoms with Crippen LogP contribution in [0.15, 0.2) is 6.20 Å². The van der Waals surface area contributed by atoms with E-state index in [4.69, 9.17) is 0 Å². The van der Waals surface area contributed by atoms with Crippen LogP contribution >= 0.6 is 0 Å². The fourth-order valence-corrected chi connectivity index (χ4v) is 2.14. The monoisotopic (exact) mass is 265 g/mol. The Morgan fingerprint density at radius 2 is 1.84 bits per heavy atom. The summed E-state index contributed by atoms with van der Waals surface area (Å²) in [5.74, 6) is 1.50. The Morgan fingerprint density at radius 3 is 2.53 bits per heavy atom. The van der Waals surface area contributed by atoms with Crippen LogP contribution in [0.2, 0.25) is 0 Å². The molecule has 0 radical (unpaired) electrons. The van der Waals surface area contributed by atoms with Gasteiger partial charge < -0.3 is 0 Å². The molecule has 110 valence electrons. The molecule has 0 N–H and O–H groups in total. The number of unbranched alkanes of at least 4 members (excludes halogenated alkanes) is 4. The second-order valence-electron chi connectivity index (χ2n) is 6.15. The molecule has 0 aliphatic rings. The van der Waals surface area contributed by atoms with Gasteiger partial charge in [-0.15, -0.1) is 5.10 Å². The highest BCUT2D eigenvalue weighted by atomic mass is 15.4. The molecule has 19 heavy (non-hydrogen) atoms. The standard InChI is InChI=1S/C16H31N3/c1-5-6-7-8-9-10-16-13-19(18-17-16)12-11-15(4)14(2)3/h13-15H,5-12H2,1-4H3. The highest BCUT2D eigenvalue weighted by Crippen LogP contribution is 2.14. The Morgan fingerprint density at radius 1 is 1.11 bits per heavy atom. The summed E-state index contributed by atoms with van der Waals surface area (Å²) in [6, 6.07) is 0. The molecule has 1 unspecified atom stereocenters. The summed E-state index contributed by atoms with van der Waals surface area (Å²) in [4.78, 5) is 0. The number of aryl methyl sites for hydroxylation is 2. The van der Waals surface area contributed by atoms with Gasteiger partial charge in [0.2, 0.25) is 0 Å². The Hall–Kier alpha value is -0.860. The lowest BCUT2D eigenvalue weighted by molar-refractivity contribution is 0.359. The predicted octanol–water partition coefficient (Wildman–Crippen LogP) is 4.47. The van der Waals surface area contributed by atoms with E-state index in [-0.39, 0.29) is 0 Å². The third-order valence-corrected chi connectivity index (χ3v) is 4.07. The van der Waals surface area contributed by atoms with Crippen LogP contribution in [-0.2, 0) is 13.0 Å². The number of rotatable bonds is 10. The summed E-state index contributed by atoms with van der Waals surface area (Å²) in [6.07, 6.45) is 11.0. The van der Waals surface area contributed by atoms with Crippen molar-refractivity contribution >= 4 is 0 Å². The van der Waals surface area contributed by atoms with E-state index in [1.807, 2.05) is 4.68 Å². The van der Waals surface area contributed by atoms with Crippen molar-refractivity contribution in [2.45, 2.75) is 79.2 Å². The van der Waals surface area contributed by atoms with Crippen LogP contribution in [0.5, 0.6) is 0 Å². The molecule has 3 nitrogen and oxygen atoms in total. The van der Waals surface area contributed by atoms with Gasteiger partial charge in [-0.1, -0.05) is 58.6 Å². The van der Waals surface area contributed by atoms with Crippen molar-refractivity contribution in [3.05, 3.63) is 11.9 Å². The van der Waals surface area contributed by atoms with Crippen molar-refractivity contribution in [3.63, 3.8) is 0 Å². The molecule has 0 aliphatic heterocycles. The zero-order valence-electron chi connectivity index (χ0n) is 13.2. The molecule has 0 saturated heterocycles. The zero-order chi connectivity index (χ0) is 14.1. The summed E-state index contributed by atoms with van der Waals surface area (Å²) in [5, 5.41) is 8.50. The highest BCUT2D eigenvalue weighted by molar-refractivity contribution is 4.92. The maximum absolute atomic E-state index is 4.27. The van der Waals surface area contributed by atoms with Gasteiger partial charge in [-0.3, -0.25) is 4.68 Å². The quantitative estimate of drug-likeness (QED) is 0.584. The molecular weight excluding hydrogens is 234 g/mol. The van der Waals surface area contributed by atoms with Gasteiger partial charge in [0.1, 0.15) is 0 Å². The number of aromatic nitrogens is 3. The minimum atomic E-state index is 0.751. The molecule has 0 fully saturated rings. The van der Waals surface area contributed by atoms with Gasteiger partial charge in [0.15, 0.2) is 0 Å². The van der Waals surface area contributed by atoms with Crippen LogP contribution in [0.4, 0.5) is 0 Å². The van der Waals surface area contributed by atoms with E-state index in [0.29, 0.717) is 0 Å². The lowest BCUT2D eigenvalue weighted by Crippen LogP contribution is -2.09. The maximum atomic E-state index is 4.27. The van der Waals surface area contributed by atoms with Crippen molar-refractivity contribution in [1.29, 1.82) is 0 Å². The predicted molar refractivity (Wildman–Crippen MR) is 81.1 cm³/mol. The molecule has 0 aliphatic carbocycles. The van der Waals surface area contributed by atoms with Crippen molar-refractivity contribution in [2.75, 3.05) is 0 Å². The van der Waals surface area contributed by atoms with E-state index >= 15 is 0 Å².